The van der Waals surface area contributed by atoms with Crippen LogP contribution in [0.1, 0.15) is 48.5 Å². The highest BCUT2D eigenvalue weighted by atomic mass is 16.8. The molecule has 0 spiro atoms. The van der Waals surface area contributed by atoms with Crippen LogP contribution in [0.4, 0.5) is 0 Å². The minimum absolute atomic E-state index is 0.849. The Kier molecular flexibility index (Phi) is 44.4. The number of aliphatic hydroxyl groups is 31. The molecule has 0 aromatic carbocycles. The van der Waals surface area contributed by atoms with Crippen molar-refractivity contribution >= 4 is 35.4 Å². The molecule has 0 aliphatic carbocycles. The second kappa shape index (κ2) is 54.0. The Hall–Kier alpha value is -5.34. The maximum absolute atomic E-state index is 13.5. The van der Waals surface area contributed by atoms with Crippen molar-refractivity contribution in [1.29, 1.82) is 0 Å². The quantitative estimate of drug-likeness (QED) is 0.0272. The number of hydrogen-bond acceptors (Lipinski definition) is 60. The smallest absolute Gasteiger partial charge is 0.217 e. The predicted octanol–water partition coefficient (Wildman–Crippen LogP) is -25.3. The molecule has 12 aliphatic rings. The molecule has 0 radical (unpaired) electrons. The molecule has 150 heavy (non-hydrogen) atoms. The van der Waals surface area contributed by atoms with Crippen molar-refractivity contribution in [2.75, 3.05) is 72.7 Å². The third-order valence-corrected chi connectivity index (χ3v) is 27.4. The van der Waals surface area contributed by atoms with E-state index in [0.29, 0.717) is 0 Å². The lowest BCUT2D eigenvalue weighted by Gasteiger charge is -2.52. The summed E-state index contributed by atoms with van der Waals surface area (Å²) in [5.41, 5.74) is 0. The van der Waals surface area contributed by atoms with Gasteiger partial charge < -0.3 is 299 Å². The number of nitrogens with one attached hydrogen (secondary N) is 6. The van der Waals surface area contributed by atoms with E-state index in [1.54, 1.807) is 0 Å². The summed E-state index contributed by atoms with van der Waals surface area (Å²) in [6, 6.07) is -11.8. The zero-order valence-electron chi connectivity index (χ0n) is 81.1. The van der Waals surface area contributed by atoms with E-state index in [-0.39, 0.29) is 0 Å². The Balaban J connectivity index is 0.951. The van der Waals surface area contributed by atoms with Crippen LogP contribution in [0, 0.1) is 0 Å². The van der Waals surface area contributed by atoms with Gasteiger partial charge in [0, 0.05) is 41.5 Å². The largest absolute Gasteiger partial charge is 0.394 e. The molecule has 0 aromatic rings. The van der Waals surface area contributed by atoms with Crippen molar-refractivity contribution in [1.82, 2.24) is 31.9 Å². The Morgan fingerprint density at radius 1 is 0.187 bits per heavy atom. The average molecular weight is 2190 g/mol. The Morgan fingerprint density at radius 3 is 0.813 bits per heavy atom. The molecule has 37 N–H and O–H groups in total. The first-order valence-corrected chi connectivity index (χ1v) is 48.0. The molecule has 6 amide bonds. The normalized spacial score (nSPS) is 48.8. The monoisotopic (exact) mass is 2190 g/mol. The van der Waals surface area contributed by atoms with Crippen LogP contribution in [0.25, 0.3) is 0 Å². The number of carbonyl (C=O) groups is 6. The summed E-state index contributed by atoms with van der Waals surface area (Å²) in [6.45, 7) is -6.50. The van der Waals surface area contributed by atoms with Gasteiger partial charge in [-0.25, -0.2) is 0 Å². The second-order valence-corrected chi connectivity index (χ2v) is 38.1. The van der Waals surface area contributed by atoms with Gasteiger partial charge in [0.15, 0.2) is 75.5 Å². The van der Waals surface area contributed by atoms with E-state index in [1.165, 1.54) is 6.92 Å². The van der Waals surface area contributed by atoms with Gasteiger partial charge in [-0.3, -0.25) is 28.8 Å². The molecule has 12 fully saturated rings. The second-order valence-electron chi connectivity index (χ2n) is 38.1. The van der Waals surface area contributed by atoms with Gasteiger partial charge >= 0.3 is 0 Å². The SMILES string of the molecule is CC(=O)N[C@@H]1[C@@H](O)[C@H](O[C@@H]2O[C@H](CO)[C@@H](O[C@@H]3O[C@H](CO[C@H]4O[C@H](CO[C@@H]5O[C@H](CO)[C@@H](O)[C@H](O)[C@H]5NC(C)=O)[C@@H](O)[C@H](O)[C@@H]4O[C@@H]4O[C@H](CO)[C@@H](O[C@@H]5O[C@H](CO)[C@H](O)[C@H](O)[C@H]5O[C@@H]5O[C@@H](C)[C@@H](O)[C@@H](O)[C@@H]5O)[C@H](O)[C@H]4NC(C)=O)[C@@H](O)[C@H](O[C@H]4O[C@H](CO)[C@@H](O[C@@H]5O[C@H](CO)[C@@H](O)[C@H](O)[C@H]5NC(C)=O)[C@H](O)[C@@H]4O[C@@H]4O[C@H](CO)[C@@H](O[C@@H]5O[C@H](CO)[C@H](O)[C@H](O)[C@H]5O)[C@H](O)[C@H]4NC(C)=O)[C@@H]3O)[C@H](O)[C@H]2NC(C)=O)[C@@H](CO)O[C@H]1O. The predicted molar refractivity (Wildman–Crippen MR) is 463 cm³/mol. The van der Waals surface area contributed by atoms with E-state index in [9.17, 15) is 187 Å². The average Bonchev–Trinajstić information content (AvgIpc) is 0.752. The highest BCUT2D eigenvalue weighted by Gasteiger charge is 2.64. The van der Waals surface area contributed by atoms with Crippen molar-refractivity contribution in [3.8, 4) is 0 Å². The fourth-order valence-electron chi connectivity index (χ4n) is 19.5. The van der Waals surface area contributed by atoms with Crippen molar-refractivity contribution in [2.45, 2.75) is 417 Å². The van der Waals surface area contributed by atoms with Gasteiger partial charge in [0.1, 0.15) is 287 Å². The number of amides is 6. The van der Waals surface area contributed by atoms with Gasteiger partial charge in [-0.15, -0.1) is 0 Å². The van der Waals surface area contributed by atoms with Crippen LogP contribution in [0.2, 0.25) is 0 Å². The molecule has 866 valence electrons. The molecular weight excluding hydrogens is 2050 g/mol. The van der Waals surface area contributed by atoms with E-state index < -0.39 is 476 Å². The molecule has 12 rings (SSSR count). The van der Waals surface area contributed by atoms with Crippen molar-refractivity contribution in [3.63, 3.8) is 0 Å². The zero-order valence-corrected chi connectivity index (χ0v) is 81.1. The minimum atomic E-state index is -2.81. The number of aliphatic hydroxyl groups excluding tert-OH is 31. The van der Waals surface area contributed by atoms with Crippen LogP contribution >= 0.6 is 0 Å². The van der Waals surface area contributed by atoms with Crippen LogP contribution in [0.5, 0.6) is 0 Å². The standard InChI is InChI=1S/C84H140N6O60/c1-19-43(106)56(119)60(123)79(130-19)150-71-58(121)47(110)29(11-94)135-83(71)146-67-33(15-98)138-77(42(55(67)118)90-25(7)105)148-70-59(122)48(111)35(17-128-74-38(86-21(3)101)50(113)44(107)26(8-91)132-74)141-82(70)129-18-36-49(112)69(63(126)81(140-36)145-66-32(14-97)136-76(40(53(66)116)88-23(5)103)142-64-30(12-95)131-73(127)37(52(64)115)85-20(2)100)147-84-72(62(125)68(34(16-99)139-84)143-75-39(87-22(4)102)51(114)45(108)27(9-92)133-75)149-78-41(89-24(6)104)54(117)65(31(13-96)137-78)144-80-61(124)57(120)46(109)28(10-93)134-80/h19,26-84,91-99,106-127H,8-18H2,1-7H3,(H,85,100)(H,86,101)(H,87,102)(H,88,103)(H,89,104)(H,90,105)/t19-,26+,27+,28+,29+,30+,31+,32+,33+,34+,35+,36+,37+,38+,39+,40+,41+,42+,43+,44+,45+,46-,47-,48+,49+,50+,51+,52+,53+,54+,55+,56+,57-,58-,59-,60-,61+,62-,63-,64+,65+,66+,67+,68+,69-,70-,71+,72-,73+,74+,75-,76-,77-,78-,79-,80-,81-,82-,83-,84+/m0/s1. The lowest BCUT2D eigenvalue weighted by Crippen LogP contribution is -2.71. The summed E-state index contributed by atoms with van der Waals surface area (Å²) in [6.07, 6.45) is -118. The molecule has 0 saturated carbocycles. The molecule has 66 heteroatoms. The molecule has 12 heterocycles. The summed E-state index contributed by atoms with van der Waals surface area (Å²) in [7, 11) is 0. The van der Waals surface area contributed by atoms with Gasteiger partial charge in [0.05, 0.1) is 78.8 Å². The van der Waals surface area contributed by atoms with Crippen molar-refractivity contribution in [3.05, 3.63) is 0 Å². The molecule has 12 aliphatic heterocycles. The molecule has 66 nitrogen and oxygen atoms in total. The van der Waals surface area contributed by atoms with Crippen LogP contribution < -0.4 is 31.9 Å². The maximum Gasteiger partial charge on any atom is 0.217 e. The van der Waals surface area contributed by atoms with Gasteiger partial charge in [0.25, 0.3) is 0 Å². The first-order chi connectivity index (χ1) is 70.9. The van der Waals surface area contributed by atoms with Crippen LogP contribution in [0.15, 0.2) is 0 Å². The van der Waals surface area contributed by atoms with Crippen LogP contribution in [0.3, 0.4) is 0 Å². The van der Waals surface area contributed by atoms with Gasteiger partial charge in [-0.2, -0.15) is 0 Å². The molecule has 60 atom stereocenters. The molecule has 0 aromatic heterocycles. The number of rotatable bonds is 39. The molecule has 0 bridgehead atoms. The molecular formula is C84H140N6O60. The lowest BCUT2D eigenvalue weighted by molar-refractivity contribution is -0.406. The fourth-order valence-corrected chi connectivity index (χ4v) is 19.5. The lowest BCUT2D eigenvalue weighted by atomic mass is 9.93. The molecule has 12 saturated heterocycles. The Morgan fingerprint density at radius 2 is 0.413 bits per heavy atom. The van der Waals surface area contributed by atoms with E-state index >= 15 is 0 Å². The highest BCUT2D eigenvalue weighted by molar-refractivity contribution is 5.75. The van der Waals surface area contributed by atoms with Crippen LogP contribution in [-0.4, -0.2) is 635 Å². The van der Waals surface area contributed by atoms with Crippen molar-refractivity contribution < 1.29 is 296 Å². The summed E-state index contributed by atoms with van der Waals surface area (Å²) >= 11 is 0. The summed E-state index contributed by atoms with van der Waals surface area (Å²) < 4.78 is 140. The van der Waals surface area contributed by atoms with E-state index in [1.807, 2.05) is 0 Å². The summed E-state index contributed by atoms with van der Waals surface area (Å²) in [5.74, 6) is -5.86. The van der Waals surface area contributed by atoms with Crippen molar-refractivity contribution in [2.24, 2.45) is 0 Å². The van der Waals surface area contributed by atoms with E-state index in [2.05, 4.69) is 31.9 Å². The highest BCUT2D eigenvalue weighted by Crippen LogP contribution is 2.43. The number of ether oxygens (including phenoxy) is 23. The first-order valence-electron chi connectivity index (χ1n) is 48.0. The third-order valence-electron chi connectivity index (χ3n) is 27.4. The maximum atomic E-state index is 13.5. The van der Waals surface area contributed by atoms with Gasteiger partial charge in [0.2, 0.25) is 35.4 Å². The summed E-state index contributed by atoms with van der Waals surface area (Å²) in [4.78, 5) is 78.2. The molecule has 0 unspecified atom stereocenters. The van der Waals surface area contributed by atoms with E-state index in [0.717, 1.165) is 41.5 Å². The number of hydrogen-bond donors (Lipinski definition) is 37. The topological polar surface area (TPSA) is 1010 Å². The zero-order chi connectivity index (χ0) is 110. The number of carbonyl (C=O) groups excluding carboxylic acids is 6. The fraction of sp³-hybridized carbons (Fsp3) is 0.929. The first kappa shape index (κ1) is 123. The minimum Gasteiger partial charge on any atom is -0.394 e. The van der Waals surface area contributed by atoms with Gasteiger partial charge in [-0.1, -0.05) is 0 Å². The van der Waals surface area contributed by atoms with Crippen LogP contribution in [-0.2, 0) is 138 Å². The van der Waals surface area contributed by atoms with E-state index in [4.69, 9.17) is 109 Å². The Bertz CT molecular complexity index is 4250. The third kappa shape index (κ3) is 27.5. The summed E-state index contributed by atoms with van der Waals surface area (Å²) in [5, 5.41) is 368. The Labute approximate surface area is 849 Å². The van der Waals surface area contributed by atoms with Gasteiger partial charge in [-0.05, 0) is 6.92 Å².